The van der Waals surface area contributed by atoms with Crippen molar-refractivity contribution in [2.24, 2.45) is 5.73 Å². The normalized spacial score (nSPS) is 18.7. The number of hydrogen-bond donors (Lipinski definition) is 1. The second kappa shape index (κ2) is 9.37. The zero-order chi connectivity index (χ0) is 26.4. The molecule has 2 heterocycles. The Morgan fingerprint density at radius 1 is 1.19 bits per heavy atom. The molecule has 0 aliphatic carbocycles. The fourth-order valence-corrected chi connectivity index (χ4v) is 4.81. The van der Waals surface area contributed by atoms with Gasteiger partial charge in [0.05, 0.1) is 12.1 Å². The van der Waals surface area contributed by atoms with Gasteiger partial charge in [-0.2, -0.15) is 0 Å². The number of carbonyl (C=O) groups is 1. The van der Waals surface area contributed by atoms with Crippen molar-refractivity contribution in [1.82, 2.24) is 10.2 Å². The van der Waals surface area contributed by atoms with E-state index in [0.717, 1.165) is 18.2 Å². The molecule has 2 atom stereocenters. The summed E-state index contributed by atoms with van der Waals surface area (Å²) in [6, 6.07) is 6.09. The van der Waals surface area contributed by atoms with E-state index < -0.39 is 46.5 Å². The standard InChI is InChI=1S/C23H22F4N4O4S/c1-22(2,3)21-30-29-19(34-21)14-8-17-18(9-15(14)24)36(33)11-16(28)20(32)31(17)10-12-4-6-13(7-5-12)35-23(25,26)27/h4-9,16H,10-11,28H2,1-3H3/t16-,36?/m0/s1. The van der Waals surface area contributed by atoms with Crippen molar-refractivity contribution in [2.75, 3.05) is 10.7 Å². The first-order valence-electron chi connectivity index (χ1n) is 10.7. The van der Waals surface area contributed by atoms with Crippen molar-refractivity contribution in [1.29, 1.82) is 0 Å². The maximum absolute atomic E-state index is 15.1. The van der Waals surface area contributed by atoms with Gasteiger partial charge in [-0.25, -0.2) is 4.39 Å². The van der Waals surface area contributed by atoms with Crippen LogP contribution < -0.4 is 15.4 Å². The second-order valence-corrected chi connectivity index (χ2v) is 10.7. The molecule has 192 valence electrons. The monoisotopic (exact) mass is 526 g/mol. The summed E-state index contributed by atoms with van der Waals surface area (Å²) in [7, 11) is 0. The minimum absolute atomic E-state index is 0.0464. The number of anilines is 1. The summed E-state index contributed by atoms with van der Waals surface area (Å²) in [5.74, 6) is -1.87. The van der Waals surface area contributed by atoms with Gasteiger partial charge in [0.1, 0.15) is 29.0 Å². The van der Waals surface area contributed by atoms with Gasteiger partial charge in [0.15, 0.2) is 4.90 Å². The molecule has 1 aliphatic rings. The van der Waals surface area contributed by atoms with Gasteiger partial charge in [-0.05, 0) is 34.9 Å². The molecule has 0 radical (unpaired) electrons. The number of fused-ring (bicyclic) bond motifs is 1. The van der Waals surface area contributed by atoms with Crippen LogP contribution in [0, 0.1) is 5.82 Å². The number of carbonyl (C=O) groups excluding carboxylic acids is 1. The highest BCUT2D eigenvalue weighted by Crippen LogP contribution is 2.37. The van der Waals surface area contributed by atoms with Crippen LogP contribution in [0.3, 0.4) is 0 Å². The van der Waals surface area contributed by atoms with Crippen molar-refractivity contribution in [3.63, 3.8) is 0 Å². The molecule has 1 aromatic heterocycles. The van der Waals surface area contributed by atoms with Crippen molar-refractivity contribution in [3.05, 3.63) is 53.7 Å². The largest absolute Gasteiger partial charge is 0.611 e. The maximum atomic E-state index is 15.1. The SMILES string of the molecule is CC(C)(C)c1nnc(-c2cc3c(cc2F)[S+]([O-])C[C@H](N)C(=O)N3Cc2ccc(OC(F)(F)F)cc2)o1. The minimum Gasteiger partial charge on any atom is -0.611 e. The number of halogens is 4. The smallest absolute Gasteiger partial charge is 0.573 e. The van der Waals surface area contributed by atoms with Gasteiger partial charge in [0, 0.05) is 11.5 Å². The molecule has 2 aromatic carbocycles. The van der Waals surface area contributed by atoms with E-state index in [4.69, 9.17) is 10.2 Å². The predicted molar refractivity (Wildman–Crippen MR) is 122 cm³/mol. The van der Waals surface area contributed by atoms with Crippen LogP contribution in [0.4, 0.5) is 23.2 Å². The summed E-state index contributed by atoms with van der Waals surface area (Å²) in [6.45, 7) is 5.39. The Hall–Kier alpha value is -3.16. The fraction of sp³-hybridized carbons (Fsp3) is 0.348. The third-order valence-electron chi connectivity index (χ3n) is 5.29. The highest BCUT2D eigenvalue weighted by atomic mass is 32.2. The molecule has 1 amide bonds. The van der Waals surface area contributed by atoms with Gasteiger partial charge >= 0.3 is 6.36 Å². The Kier molecular flexibility index (Phi) is 6.75. The number of amides is 1. The zero-order valence-corrected chi connectivity index (χ0v) is 20.2. The van der Waals surface area contributed by atoms with Crippen LogP contribution in [0.2, 0.25) is 0 Å². The highest BCUT2D eigenvalue weighted by Gasteiger charge is 2.37. The molecule has 0 saturated heterocycles. The van der Waals surface area contributed by atoms with Crippen LogP contribution in [-0.4, -0.2) is 38.8 Å². The van der Waals surface area contributed by atoms with Crippen molar-refractivity contribution >= 4 is 22.8 Å². The Balaban J connectivity index is 1.75. The van der Waals surface area contributed by atoms with Gasteiger partial charge in [-0.3, -0.25) is 4.79 Å². The van der Waals surface area contributed by atoms with Gasteiger partial charge in [-0.1, -0.05) is 32.9 Å². The lowest BCUT2D eigenvalue weighted by molar-refractivity contribution is -0.274. The summed E-state index contributed by atoms with van der Waals surface area (Å²) >= 11 is -1.80. The topological polar surface area (TPSA) is 118 Å². The number of alkyl halides is 3. The van der Waals surface area contributed by atoms with Gasteiger partial charge in [0.25, 0.3) is 5.89 Å². The predicted octanol–water partition coefficient (Wildman–Crippen LogP) is 4.05. The van der Waals surface area contributed by atoms with Gasteiger partial charge in [-0.15, -0.1) is 23.4 Å². The molecule has 2 N–H and O–H groups in total. The Morgan fingerprint density at radius 2 is 1.86 bits per heavy atom. The number of aromatic nitrogens is 2. The van der Waals surface area contributed by atoms with Gasteiger partial charge in [0.2, 0.25) is 11.8 Å². The van der Waals surface area contributed by atoms with E-state index in [1.807, 2.05) is 20.8 Å². The minimum atomic E-state index is -4.85. The van der Waals surface area contributed by atoms with Crippen molar-refractivity contribution < 1.29 is 36.1 Å². The third kappa shape index (κ3) is 5.47. The van der Waals surface area contributed by atoms with Crippen LogP contribution in [0.25, 0.3) is 11.5 Å². The highest BCUT2D eigenvalue weighted by molar-refractivity contribution is 7.91. The van der Waals surface area contributed by atoms with Crippen LogP contribution in [0.5, 0.6) is 5.75 Å². The Morgan fingerprint density at radius 3 is 2.44 bits per heavy atom. The Labute approximate surface area is 206 Å². The van der Waals surface area contributed by atoms with Crippen LogP contribution in [0.15, 0.2) is 45.7 Å². The van der Waals surface area contributed by atoms with E-state index in [0.29, 0.717) is 5.56 Å². The van der Waals surface area contributed by atoms with Crippen LogP contribution >= 0.6 is 0 Å². The summed E-state index contributed by atoms with van der Waals surface area (Å²) in [6.07, 6.45) is -4.85. The summed E-state index contributed by atoms with van der Waals surface area (Å²) in [5, 5.41) is 7.88. The molecule has 8 nitrogen and oxygen atoms in total. The molecule has 13 heteroatoms. The van der Waals surface area contributed by atoms with E-state index in [1.165, 1.54) is 23.1 Å². The van der Waals surface area contributed by atoms with Crippen LogP contribution in [0.1, 0.15) is 32.2 Å². The van der Waals surface area contributed by atoms with E-state index in [-0.39, 0.29) is 40.2 Å². The molecular formula is C23H22F4N4O4S. The van der Waals surface area contributed by atoms with Gasteiger partial charge < -0.3 is 24.3 Å². The van der Waals surface area contributed by atoms with E-state index in [2.05, 4.69) is 14.9 Å². The molecular weight excluding hydrogens is 504 g/mol. The lowest BCUT2D eigenvalue weighted by Gasteiger charge is -2.23. The molecule has 0 spiro atoms. The molecule has 1 aliphatic heterocycles. The first-order valence-corrected chi connectivity index (χ1v) is 12.0. The number of ether oxygens (including phenoxy) is 1. The number of nitrogens with zero attached hydrogens (tertiary/aromatic N) is 3. The Bertz CT molecular complexity index is 1270. The maximum Gasteiger partial charge on any atom is 0.573 e. The zero-order valence-electron chi connectivity index (χ0n) is 19.4. The first kappa shape index (κ1) is 25.9. The van der Waals surface area contributed by atoms with E-state index in [9.17, 15) is 22.5 Å². The molecule has 1 unspecified atom stereocenters. The first-order chi connectivity index (χ1) is 16.7. The third-order valence-corrected chi connectivity index (χ3v) is 6.77. The van der Waals surface area contributed by atoms with Crippen molar-refractivity contribution in [3.8, 4) is 17.2 Å². The average Bonchev–Trinajstić information content (AvgIpc) is 3.25. The summed E-state index contributed by atoms with van der Waals surface area (Å²) < 4.78 is 74.9. The van der Waals surface area contributed by atoms with Crippen molar-refractivity contribution in [2.45, 2.75) is 50.0 Å². The summed E-state index contributed by atoms with van der Waals surface area (Å²) in [5.41, 5.74) is 5.92. The molecule has 36 heavy (non-hydrogen) atoms. The number of nitrogens with two attached hydrogens (primary N) is 1. The quantitative estimate of drug-likeness (QED) is 0.403. The number of benzene rings is 2. The lowest BCUT2D eigenvalue weighted by Crippen LogP contribution is -2.45. The van der Waals surface area contributed by atoms with Crippen LogP contribution in [-0.2, 0) is 27.9 Å². The second-order valence-electron chi connectivity index (χ2n) is 9.20. The van der Waals surface area contributed by atoms with E-state index in [1.54, 1.807) is 0 Å². The number of hydrogen-bond acceptors (Lipinski definition) is 7. The molecule has 3 aromatic rings. The lowest BCUT2D eigenvalue weighted by atomic mass is 9.97. The molecule has 4 rings (SSSR count). The molecule has 0 bridgehead atoms. The number of rotatable bonds is 4. The average molecular weight is 527 g/mol. The van der Waals surface area contributed by atoms with E-state index >= 15 is 4.39 Å². The fourth-order valence-electron chi connectivity index (χ4n) is 3.52. The summed E-state index contributed by atoms with van der Waals surface area (Å²) in [4.78, 5) is 14.4. The molecule has 0 fully saturated rings. The molecule has 0 saturated carbocycles.